The van der Waals surface area contributed by atoms with Gasteiger partial charge in [0.05, 0.1) is 5.69 Å². The minimum atomic E-state index is 0.520. The third-order valence-corrected chi connectivity index (χ3v) is 4.14. The molecule has 0 atom stereocenters. The molecule has 0 radical (unpaired) electrons. The van der Waals surface area contributed by atoms with Crippen molar-refractivity contribution in [1.29, 1.82) is 0 Å². The molecule has 0 spiro atoms. The number of hydrogen-bond donors (Lipinski definition) is 1. The van der Waals surface area contributed by atoms with Gasteiger partial charge in [-0.05, 0) is 12.1 Å². The Kier molecular flexibility index (Phi) is 4.20. The molecule has 0 aliphatic rings. The molecule has 17 heavy (non-hydrogen) atoms. The maximum Gasteiger partial charge on any atom is 0.107 e. The van der Waals surface area contributed by atoms with Crippen LogP contribution in [0.5, 0.6) is 0 Å². The Morgan fingerprint density at radius 1 is 1.29 bits per heavy atom. The van der Waals surface area contributed by atoms with E-state index < -0.39 is 0 Å². The number of aromatic nitrogens is 1. The lowest BCUT2D eigenvalue weighted by molar-refractivity contribution is 1.04. The Hall–Kier alpha value is -0.840. The lowest BCUT2D eigenvalue weighted by atomic mass is 10.2. The topological polar surface area (TPSA) is 38.9 Å². The van der Waals surface area contributed by atoms with E-state index in [4.69, 9.17) is 5.73 Å². The summed E-state index contributed by atoms with van der Waals surface area (Å²) in [6.45, 7) is 4.92. The van der Waals surface area contributed by atoms with Gasteiger partial charge in [0.1, 0.15) is 5.01 Å². The largest absolute Gasteiger partial charge is 0.325 e. The molecule has 0 bridgehead atoms. The molecule has 0 fully saturated rings. The predicted molar refractivity (Wildman–Crippen MR) is 76.4 cm³/mol. The molecule has 0 aliphatic heterocycles. The maximum atomic E-state index is 5.56. The fraction of sp³-hybridized carbons (Fsp3) is 0.308. The van der Waals surface area contributed by atoms with Crippen LogP contribution in [-0.2, 0) is 6.54 Å². The minimum Gasteiger partial charge on any atom is -0.325 e. The molecule has 0 saturated heterocycles. The number of nitrogens with two attached hydrogens (primary N) is 1. The molecule has 4 heteroatoms. The summed E-state index contributed by atoms with van der Waals surface area (Å²) >= 11 is 3.49. The van der Waals surface area contributed by atoms with Gasteiger partial charge in [0.25, 0.3) is 0 Å². The molecule has 2 N–H and O–H groups in total. The highest BCUT2D eigenvalue weighted by Gasteiger charge is 2.04. The molecule has 2 rings (SSSR count). The van der Waals surface area contributed by atoms with Crippen molar-refractivity contribution in [1.82, 2.24) is 4.98 Å². The molecule has 2 aromatic rings. The molecular weight excluding hydrogens is 248 g/mol. The SMILES string of the molecule is CC(C)Sc1ccc(-c2csc(CN)n2)cc1. The molecule has 1 aromatic carbocycles. The van der Waals surface area contributed by atoms with E-state index in [0.29, 0.717) is 11.8 Å². The van der Waals surface area contributed by atoms with Crippen LogP contribution in [0.3, 0.4) is 0 Å². The zero-order chi connectivity index (χ0) is 12.3. The van der Waals surface area contributed by atoms with Crippen LogP contribution >= 0.6 is 23.1 Å². The molecule has 0 saturated carbocycles. The molecule has 1 heterocycles. The van der Waals surface area contributed by atoms with Gasteiger partial charge in [-0.15, -0.1) is 23.1 Å². The van der Waals surface area contributed by atoms with E-state index in [1.54, 1.807) is 11.3 Å². The second kappa shape index (κ2) is 5.67. The van der Waals surface area contributed by atoms with Crippen molar-refractivity contribution in [3.63, 3.8) is 0 Å². The van der Waals surface area contributed by atoms with Gasteiger partial charge < -0.3 is 5.73 Å². The maximum absolute atomic E-state index is 5.56. The summed E-state index contributed by atoms with van der Waals surface area (Å²) in [5.41, 5.74) is 7.75. The Balaban J connectivity index is 2.17. The summed E-state index contributed by atoms with van der Waals surface area (Å²) in [5.74, 6) is 0. The molecule has 0 amide bonds. The van der Waals surface area contributed by atoms with Gasteiger partial charge in [-0.1, -0.05) is 26.0 Å². The summed E-state index contributed by atoms with van der Waals surface area (Å²) in [7, 11) is 0. The van der Waals surface area contributed by atoms with Crippen LogP contribution < -0.4 is 5.73 Å². The van der Waals surface area contributed by atoms with Gasteiger partial charge in [0, 0.05) is 27.6 Å². The number of thiazole rings is 1. The second-order valence-corrected chi connectivity index (χ2v) is 6.61. The van der Waals surface area contributed by atoms with Crippen LogP contribution in [0.15, 0.2) is 34.5 Å². The number of nitrogens with zero attached hydrogens (tertiary/aromatic N) is 1. The first-order valence-electron chi connectivity index (χ1n) is 5.60. The van der Waals surface area contributed by atoms with E-state index in [-0.39, 0.29) is 0 Å². The summed E-state index contributed by atoms with van der Waals surface area (Å²) in [6.07, 6.45) is 0. The van der Waals surface area contributed by atoms with Crippen molar-refractivity contribution >= 4 is 23.1 Å². The fourth-order valence-electron chi connectivity index (χ4n) is 1.51. The van der Waals surface area contributed by atoms with Gasteiger partial charge in [-0.2, -0.15) is 0 Å². The molecule has 0 aliphatic carbocycles. The normalized spacial score (nSPS) is 11.1. The molecule has 0 unspecified atom stereocenters. The van der Waals surface area contributed by atoms with Crippen molar-refractivity contribution in [3.8, 4) is 11.3 Å². The summed E-state index contributed by atoms with van der Waals surface area (Å²) in [6, 6.07) is 8.56. The first-order chi connectivity index (χ1) is 8.19. The molecule has 90 valence electrons. The van der Waals surface area contributed by atoms with Crippen molar-refractivity contribution in [2.45, 2.75) is 30.5 Å². The van der Waals surface area contributed by atoms with E-state index >= 15 is 0 Å². The number of thioether (sulfide) groups is 1. The predicted octanol–water partition coefficient (Wildman–Crippen LogP) is 3.77. The second-order valence-electron chi connectivity index (χ2n) is 4.02. The Bertz CT molecular complexity index is 474. The van der Waals surface area contributed by atoms with E-state index in [2.05, 4.69) is 48.5 Å². The number of benzene rings is 1. The number of rotatable bonds is 4. The highest BCUT2D eigenvalue weighted by Crippen LogP contribution is 2.27. The van der Waals surface area contributed by atoms with E-state index in [0.717, 1.165) is 16.3 Å². The van der Waals surface area contributed by atoms with E-state index in [1.165, 1.54) is 4.90 Å². The fourth-order valence-corrected chi connectivity index (χ4v) is 3.03. The Labute approximate surface area is 110 Å². The van der Waals surface area contributed by atoms with E-state index in [9.17, 15) is 0 Å². The minimum absolute atomic E-state index is 0.520. The van der Waals surface area contributed by atoms with Crippen LogP contribution in [0.2, 0.25) is 0 Å². The van der Waals surface area contributed by atoms with Crippen LogP contribution in [0.4, 0.5) is 0 Å². The van der Waals surface area contributed by atoms with Gasteiger partial charge in [-0.3, -0.25) is 0 Å². The zero-order valence-corrected chi connectivity index (χ0v) is 11.6. The van der Waals surface area contributed by atoms with Gasteiger partial charge in [0.2, 0.25) is 0 Å². The average Bonchev–Trinajstić information content (AvgIpc) is 2.78. The van der Waals surface area contributed by atoms with E-state index in [1.807, 2.05) is 11.8 Å². The van der Waals surface area contributed by atoms with Gasteiger partial charge in [0.15, 0.2) is 0 Å². The smallest absolute Gasteiger partial charge is 0.107 e. The lowest BCUT2D eigenvalue weighted by Crippen LogP contribution is -1.94. The monoisotopic (exact) mass is 264 g/mol. The van der Waals surface area contributed by atoms with Crippen molar-refractivity contribution < 1.29 is 0 Å². The number of hydrogen-bond acceptors (Lipinski definition) is 4. The van der Waals surface area contributed by atoms with Crippen molar-refractivity contribution in [2.24, 2.45) is 5.73 Å². The first-order valence-corrected chi connectivity index (χ1v) is 7.36. The van der Waals surface area contributed by atoms with Gasteiger partial charge in [-0.25, -0.2) is 4.98 Å². The first kappa shape index (κ1) is 12.6. The lowest BCUT2D eigenvalue weighted by Gasteiger charge is -2.05. The third kappa shape index (κ3) is 3.31. The van der Waals surface area contributed by atoms with Gasteiger partial charge >= 0.3 is 0 Å². The van der Waals surface area contributed by atoms with Crippen LogP contribution in [0, 0.1) is 0 Å². The molecule has 1 aromatic heterocycles. The molecular formula is C13H16N2S2. The quantitative estimate of drug-likeness (QED) is 0.854. The Morgan fingerprint density at radius 3 is 2.53 bits per heavy atom. The summed E-state index contributed by atoms with van der Waals surface area (Å²) < 4.78 is 0. The highest BCUT2D eigenvalue weighted by molar-refractivity contribution is 7.99. The highest BCUT2D eigenvalue weighted by atomic mass is 32.2. The van der Waals surface area contributed by atoms with Crippen LogP contribution in [0.25, 0.3) is 11.3 Å². The van der Waals surface area contributed by atoms with Crippen molar-refractivity contribution in [3.05, 3.63) is 34.7 Å². The Morgan fingerprint density at radius 2 is 2.00 bits per heavy atom. The molecule has 2 nitrogen and oxygen atoms in total. The van der Waals surface area contributed by atoms with Crippen molar-refractivity contribution in [2.75, 3.05) is 0 Å². The summed E-state index contributed by atoms with van der Waals surface area (Å²) in [5, 5.41) is 3.66. The van der Waals surface area contributed by atoms with Crippen LogP contribution in [0.1, 0.15) is 18.9 Å². The third-order valence-electron chi connectivity index (χ3n) is 2.25. The average molecular weight is 264 g/mol. The summed E-state index contributed by atoms with van der Waals surface area (Å²) in [4.78, 5) is 5.78. The zero-order valence-electron chi connectivity index (χ0n) is 10.0. The standard InChI is InChI=1S/C13H16N2S2/c1-9(2)17-11-5-3-10(4-6-11)12-8-16-13(7-14)15-12/h3-6,8-9H,7,14H2,1-2H3. The van der Waals surface area contributed by atoms with Crippen LogP contribution in [-0.4, -0.2) is 10.2 Å².